The van der Waals surface area contributed by atoms with Crippen LogP contribution in [0.4, 0.5) is 4.79 Å². The molecule has 2 aliphatic rings. The van der Waals surface area contributed by atoms with E-state index in [1.165, 1.54) is 4.90 Å². The van der Waals surface area contributed by atoms with Crippen LogP contribution >= 0.6 is 0 Å². The van der Waals surface area contributed by atoms with Crippen LogP contribution < -0.4 is 5.32 Å². The van der Waals surface area contributed by atoms with Gasteiger partial charge < -0.3 is 5.32 Å². The van der Waals surface area contributed by atoms with Crippen LogP contribution in [-0.2, 0) is 4.79 Å². The molecule has 1 saturated carbocycles. The van der Waals surface area contributed by atoms with Crippen molar-refractivity contribution >= 4 is 11.9 Å². The Morgan fingerprint density at radius 3 is 2.47 bits per heavy atom. The molecule has 0 unspecified atom stereocenters. The third-order valence-corrected chi connectivity index (χ3v) is 3.92. The predicted molar refractivity (Wildman–Crippen MR) is 65.4 cm³/mol. The maximum atomic E-state index is 12.4. The number of carbonyl (C=O) groups is 2. The van der Waals surface area contributed by atoms with Crippen molar-refractivity contribution < 1.29 is 9.59 Å². The second-order valence-corrected chi connectivity index (χ2v) is 6.00. The maximum absolute atomic E-state index is 12.4. The van der Waals surface area contributed by atoms with Gasteiger partial charge in [-0.2, -0.15) is 0 Å². The number of carbonyl (C=O) groups excluding carboxylic acids is 2. The zero-order valence-electron chi connectivity index (χ0n) is 11.0. The first kappa shape index (κ1) is 12.4. The van der Waals surface area contributed by atoms with Crippen molar-refractivity contribution in [3.05, 3.63) is 0 Å². The van der Waals surface area contributed by atoms with Crippen LogP contribution in [0.2, 0.25) is 0 Å². The molecule has 1 aliphatic heterocycles. The quantitative estimate of drug-likeness (QED) is 0.749. The molecule has 17 heavy (non-hydrogen) atoms. The van der Waals surface area contributed by atoms with Crippen LogP contribution in [0.25, 0.3) is 0 Å². The molecule has 0 aromatic heterocycles. The monoisotopic (exact) mass is 238 g/mol. The molecule has 1 saturated heterocycles. The summed E-state index contributed by atoms with van der Waals surface area (Å²) in [7, 11) is 0. The van der Waals surface area contributed by atoms with Crippen LogP contribution in [0.3, 0.4) is 0 Å². The van der Waals surface area contributed by atoms with Crippen LogP contribution in [-0.4, -0.2) is 28.9 Å². The molecule has 0 bridgehead atoms. The lowest BCUT2D eigenvalue weighted by atomic mass is 9.77. The van der Waals surface area contributed by atoms with Gasteiger partial charge in [-0.1, -0.05) is 20.8 Å². The van der Waals surface area contributed by atoms with Crippen molar-refractivity contribution in [2.75, 3.05) is 6.54 Å². The van der Waals surface area contributed by atoms with Gasteiger partial charge >= 0.3 is 6.03 Å². The molecule has 0 radical (unpaired) electrons. The molecule has 4 nitrogen and oxygen atoms in total. The minimum Gasteiger partial charge on any atom is -0.323 e. The fourth-order valence-corrected chi connectivity index (χ4v) is 2.80. The van der Waals surface area contributed by atoms with Gasteiger partial charge in [0.05, 0.1) is 0 Å². The normalized spacial score (nSPS) is 33.6. The van der Waals surface area contributed by atoms with Crippen LogP contribution in [0.1, 0.15) is 46.5 Å². The lowest BCUT2D eigenvalue weighted by Gasteiger charge is -2.33. The molecule has 3 amide bonds. The van der Waals surface area contributed by atoms with Gasteiger partial charge in [0.1, 0.15) is 5.54 Å². The predicted octanol–water partition coefficient (Wildman–Crippen LogP) is 2.14. The number of amides is 3. The number of imide groups is 1. The van der Waals surface area contributed by atoms with Crippen LogP contribution in [0.15, 0.2) is 0 Å². The van der Waals surface area contributed by atoms with Crippen molar-refractivity contribution in [3.8, 4) is 0 Å². The van der Waals surface area contributed by atoms with E-state index in [2.05, 4.69) is 12.2 Å². The van der Waals surface area contributed by atoms with Crippen LogP contribution in [0, 0.1) is 11.8 Å². The third-order valence-electron chi connectivity index (χ3n) is 3.92. The number of hydrogen-bond donors (Lipinski definition) is 1. The maximum Gasteiger partial charge on any atom is 0.325 e. The van der Waals surface area contributed by atoms with Crippen molar-refractivity contribution in [1.82, 2.24) is 10.2 Å². The van der Waals surface area contributed by atoms with Gasteiger partial charge in [-0.25, -0.2) is 4.79 Å². The van der Waals surface area contributed by atoms with E-state index in [1.54, 1.807) is 0 Å². The average molecular weight is 238 g/mol. The van der Waals surface area contributed by atoms with E-state index in [0.29, 0.717) is 18.4 Å². The van der Waals surface area contributed by atoms with E-state index < -0.39 is 5.54 Å². The Bertz CT molecular complexity index is 330. The summed E-state index contributed by atoms with van der Waals surface area (Å²) >= 11 is 0. The number of rotatable bonds is 2. The topological polar surface area (TPSA) is 49.4 Å². The molecule has 1 heterocycles. The first-order valence-corrected chi connectivity index (χ1v) is 6.59. The van der Waals surface area contributed by atoms with E-state index in [0.717, 1.165) is 25.7 Å². The Morgan fingerprint density at radius 2 is 1.94 bits per heavy atom. The van der Waals surface area contributed by atoms with Gasteiger partial charge in [0.15, 0.2) is 0 Å². The van der Waals surface area contributed by atoms with Crippen molar-refractivity contribution in [3.63, 3.8) is 0 Å². The molecular formula is C13H22N2O2. The summed E-state index contributed by atoms with van der Waals surface area (Å²) in [6.07, 6.45) is 3.66. The number of nitrogens with one attached hydrogen (secondary N) is 1. The highest BCUT2D eigenvalue weighted by Crippen LogP contribution is 2.36. The van der Waals surface area contributed by atoms with Crippen molar-refractivity contribution in [2.45, 2.75) is 52.0 Å². The average Bonchev–Trinajstić information content (AvgIpc) is 2.48. The molecule has 2 fully saturated rings. The molecule has 0 aromatic carbocycles. The van der Waals surface area contributed by atoms with Gasteiger partial charge in [0.25, 0.3) is 5.91 Å². The fraction of sp³-hybridized carbons (Fsp3) is 0.846. The smallest absolute Gasteiger partial charge is 0.323 e. The highest BCUT2D eigenvalue weighted by atomic mass is 16.2. The van der Waals surface area contributed by atoms with E-state index in [-0.39, 0.29) is 11.9 Å². The summed E-state index contributed by atoms with van der Waals surface area (Å²) in [4.78, 5) is 25.7. The lowest BCUT2D eigenvalue weighted by molar-refractivity contribution is -0.133. The lowest BCUT2D eigenvalue weighted by Crippen LogP contribution is -2.49. The largest absolute Gasteiger partial charge is 0.325 e. The molecule has 0 aromatic rings. The molecule has 1 spiro atoms. The Labute approximate surface area is 103 Å². The fourth-order valence-electron chi connectivity index (χ4n) is 2.80. The van der Waals surface area contributed by atoms with E-state index in [1.807, 2.05) is 13.8 Å². The van der Waals surface area contributed by atoms with Crippen molar-refractivity contribution in [1.29, 1.82) is 0 Å². The molecule has 1 aliphatic carbocycles. The number of hydrogen-bond acceptors (Lipinski definition) is 2. The highest BCUT2D eigenvalue weighted by Gasteiger charge is 2.51. The second kappa shape index (κ2) is 4.31. The van der Waals surface area contributed by atoms with E-state index >= 15 is 0 Å². The third kappa shape index (κ3) is 2.17. The van der Waals surface area contributed by atoms with Gasteiger partial charge in [-0.3, -0.25) is 9.69 Å². The Hall–Kier alpha value is -1.06. The molecule has 1 N–H and O–H groups in total. The highest BCUT2D eigenvalue weighted by molar-refractivity contribution is 6.07. The summed E-state index contributed by atoms with van der Waals surface area (Å²) in [5.41, 5.74) is -0.571. The zero-order valence-corrected chi connectivity index (χ0v) is 11.0. The molecule has 4 heteroatoms. The summed E-state index contributed by atoms with van der Waals surface area (Å²) in [5.74, 6) is 0.995. The van der Waals surface area contributed by atoms with Gasteiger partial charge in [-0.15, -0.1) is 0 Å². The van der Waals surface area contributed by atoms with Crippen molar-refractivity contribution in [2.24, 2.45) is 11.8 Å². The molecular weight excluding hydrogens is 216 g/mol. The summed E-state index contributed by atoms with van der Waals surface area (Å²) in [5, 5.41) is 2.93. The zero-order chi connectivity index (χ0) is 12.6. The van der Waals surface area contributed by atoms with Gasteiger partial charge in [-0.05, 0) is 37.5 Å². The molecule has 96 valence electrons. The Kier molecular flexibility index (Phi) is 3.15. The minimum atomic E-state index is -0.571. The van der Waals surface area contributed by atoms with E-state index in [4.69, 9.17) is 0 Å². The second-order valence-electron chi connectivity index (χ2n) is 6.00. The Morgan fingerprint density at radius 1 is 1.35 bits per heavy atom. The number of urea groups is 1. The number of nitrogens with zero attached hydrogens (tertiary/aromatic N) is 1. The van der Waals surface area contributed by atoms with Gasteiger partial charge in [0.2, 0.25) is 0 Å². The summed E-state index contributed by atoms with van der Waals surface area (Å²) in [6.45, 7) is 6.78. The minimum absolute atomic E-state index is 0.00287. The molecule has 2 rings (SSSR count). The summed E-state index contributed by atoms with van der Waals surface area (Å²) < 4.78 is 0. The Balaban J connectivity index is 2.12. The SMILES string of the molecule is CC(C)CN1C(=O)NC2(CCC(C)CC2)C1=O. The van der Waals surface area contributed by atoms with Crippen LogP contribution in [0.5, 0.6) is 0 Å². The van der Waals surface area contributed by atoms with Gasteiger partial charge in [0, 0.05) is 6.54 Å². The van der Waals surface area contributed by atoms with E-state index in [9.17, 15) is 9.59 Å². The standard InChI is InChI=1S/C13H22N2O2/c1-9(2)8-15-11(16)13(14-12(15)17)6-4-10(3)5-7-13/h9-10H,4-8H2,1-3H3,(H,14,17). The molecule has 0 atom stereocenters. The first-order valence-electron chi connectivity index (χ1n) is 6.59. The first-order chi connectivity index (χ1) is 7.94. The summed E-state index contributed by atoms with van der Waals surface area (Å²) in [6, 6.07) is -0.196.